The van der Waals surface area contributed by atoms with Crippen LogP contribution in [-0.4, -0.2) is 26.4 Å². The van der Waals surface area contributed by atoms with Crippen LogP contribution in [0.4, 0.5) is 0 Å². The Balaban J connectivity index is 2.66. The SMILES string of the molecule is CCCC(C)Oc1cccc(Cl)c1CNCCOC. The van der Waals surface area contributed by atoms with Crippen LogP contribution in [0.25, 0.3) is 0 Å². The van der Waals surface area contributed by atoms with Crippen LogP contribution in [0.1, 0.15) is 32.3 Å². The first-order chi connectivity index (χ1) is 9.19. The van der Waals surface area contributed by atoms with Crippen LogP contribution in [0.15, 0.2) is 18.2 Å². The number of ether oxygens (including phenoxy) is 2. The van der Waals surface area contributed by atoms with Crippen LogP contribution in [0.2, 0.25) is 5.02 Å². The van der Waals surface area contributed by atoms with Crippen LogP contribution in [0, 0.1) is 0 Å². The zero-order valence-corrected chi connectivity index (χ0v) is 12.8. The third-order valence-corrected chi connectivity index (χ3v) is 3.24. The molecule has 0 amide bonds. The first kappa shape index (κ1) is 16.3. The minimum absolute atomic E-state index is 0.209. The summed E-state index contributed by atoms with van der Waals surface area (Å²) in [7, 11) is 1.69. The van der Waals surface area contributed by atoms with Gasteiger partial charge >= 0.3 is 0 Å². The lowest BCUT2D eigenvalue weighted by atomic mass is 10.2. The van der Waals surface area contributed by atoms with Crippen molar-refractivity contribution in [3.05, 3.63) is 28.8 Å². The molecule has 4 heteroatoms. The van der Waals surface area contributed by atoms with E-state index in [1.165, 1.54) is 0 Å². The summed E-state index contributed by atoms with van der Waals surface area (Å²) >= 11 is 6.25. The predicted molar refractivity (Wildman–Crippen MR) is 80.0 cm³/mol. The molecule has 0 aliphatic rings. The van der Waals surface area contributed by atoms with E-state index in [0.29, 0.717) is 13.2 Å². The van der Waals surface area contributed by atoms with Gasteiger partial charge in [-0.3, -0.25) is 0 Å². The largest absolute Gasteiger partial charge is 0.490 e. The molecule has 1 atom stereocenters. The number of nitrogens with one attached hydrogen (secondary N) is 1. The number of hydrogen-bond acceptors (Lipinski definition) is 3. The average molecular weight is 286 g/mol. The van der Waals surface area contributed by atoms with E-state index in [1.54, 1.807) is 7.11 Å². The monoisotopic (exact) mass is 285 g/mol. The molecule has 0 aromatic heterocycles. The maximum atomic E-state index is 6.25. The molecule has 0 heterocycles. The fourth-order valence-corrected chi connectivity index (χ4v) is 2.12. The maximum Gasteiger partial charge on any atom is 0.125 e. The Morgan fingerprint density at radius 3 is 2.84 bits per heavy atom. The smallest absolute Gasteiger partial charge is 0.125 e. The van der Waals surface area contributed by atoms with Crippen molar-refractivity contribution >= 4 is 11.6 Å². The molecule has 1 aromatic rings. The molecule has 1 aromatic carbocycles. The van der Waals surface area contributed by atoms with Gasteiger partial charge in [-0.2, -0.15) is 0 Å². The van der Waals surface area contributed by atoms with Gasteiger partial charge in [0.2, 0.25) is 0 Å². The molecular weight excluding hydrogens is 262 g/mol. The van der Waals surface area contributed by atoms with Gasteiger partial charge in [0.1, 0.15) is 5.75 Å². The highest BCUT2D eigenvalue weighted by Gasteiger charge is 2.10. The van der Waals surface area contributed by atoms with Gasteiger partial charge in [0, 0.05) is 30.8 Å². The van der Waals surface area contributed by atoms with Crippen molar-refractivity contribution in [2.45, 2.75) is 39.3 Å². The zero-order valence-electron chi connectivity index (χ0n) is 12.0. The second kappa shape index (κ2) is 9.18. The summed E-state index contributed by atoms with van der Waals surface area (Å²) in [5.41, 5.74) is 1.02. The van der Waals surface area contributed by atoms with Crippen molar-refractivity contribution in [2.24, 2.45) is 0 Å². The summed E-state index contributed by atoms with van der Waals surface area (Å²) in [6.07, 6.45) is 2.37. The number of methoxy groups -OCH3 is 1. The molecule has 1 N–H and O–H groups in total. The molecule has 1 rings (SSSR count). The summed E-state index contributed by atoms with van der Waals surface area (Å²) < 4.78 is 11.0. The van der Waals surface area contributed by atoms with Crippen molar-refractivity contribution in [3.63, 3.8) is 0 Å². The Hall–Kier alpha value is -0.770. The summed E-state index contributed by atoms with van der Waals surface area (Å²) in [6, 6.07) is 5.80. The van der Waals surface area contributed by atoms with E-state index in [2.05, 4.69) is 19.2 Å². The van der Waals surface area contributed by atoms with Gasteiger partial charge in [-0.05, 0) is 25.5 Å². The summed E-state index contributed by atoms with van der Waals surface area (Å²) in [5.74, 6) is 0.873. The highest BCUT2D eigenvalue weighted by Crippen LogP contribution is 2.27. The molecule has 0 aliphatic carbocycles. The molecule has 0 bridgehead atoms. The minimum Gasteiger partial charge on any atom is -0.490 e. The molecule has 0 spiro atoms. The Kier molecular flexibility index (Phi) is 7.87. The number of rotatable bonds is 9. The Bertz CT molecular complexity index is 371. The number of benzene rings is 1. The van der Waals surface area contributed by atoms with E-state index in [1.807, 2.05) is 18.2 Å². The van der Waals surface area contributed by atoms with E-state index in [-0.39, 0.29) is 6.10 Å². The third-order valence-electron chi connectivity index (χ3n) is 2.88. The van der Waals surface area contributed by atoms with E-state index in [0.717, 1.165) is 35.7 Å². The van der Waals surface area contributed by atoms with E-state index in [9.17, 15) is 0 Å². The van der Waals surface area contributed by atoms with Crippen LogP contribution >= 0.6 is 11.6 Å². The molecule has 0 fully saturated rings. The van der Waals surface area contributed by atoms with E-state index in [4.69, 9.17) is 21.1 Å². The number of halogens is 1. The Morgan fingerprint density at radius 1 is 1.37 bits per heavy atom. The van der Waals surface area contributed by atoms with Crippen LogP contribution < -0.4 is 10.1 Å². The molecule has 1 unspecified atom stereocenters. The highest BCUT2D eigenvalue weighted by molar-refractivity contribution is 6.31. The van der Waals surface area contributed by atoms with Crippen molar-refractivity contribution in [1.82, 2.24) is 5.32 Å². The van der Waals surface area contributed by atoms with E-state index < -0.39 is 0 Å². The normalized spacial score (nSPS) is 12.4. The van der Waals surface area contributed by atoms with Gasteiger partial charge in [0.15, 0.2) is 0 Å². The van der Waals surface area contributed by atoms with Gasteiger partial charge in [-0.15, -0.1) is 0 Å². The van der Waals surface area contributed by atoms with Gasteiger partial charge in [-0.1, -0.05) is 31.0 Å². The third kappa shape index (κ3) is 5.81. The zero-order chi connectivity index (χ0) is 14.1. The molecule has 0 saturated heterocycles. The first-order valence-electron chi connectivity index (χ1n) is 6.82. The fraction of sp³-hybridized carbons (Fsp3) is 0.600. The van der Waals surface area contributed by atoms with Crippen LogP contribution in [-0.2, 0) is 11.3 Å². The predicted octanol–water partition coefficient (Wildman–Crippen LogP) is 3.64. The quantitative estimate of drug-likeness (QED) is 0.703. The van der Waals surface area contributed by atoms with Crippen LogP contribution in [0.5, 0.6) is 5.75 Å². The molecule has 3 nitrogen and oxygen atoms in total. The maximum absolute atomic E-state index is 6.25. The van der Waals surface area contributed by atoms with Crippen molar-refractivity contribution < 1.29 is 9.47 Å². The second-order valence-electron chi connectivity index (χ2n) is 4.60. The lowest BCUT2D eigenvalue weighted by Gasteiger charge is -2.18. The van der Waals surface area contributed by atoms with Gasteiger partial charge in [0.25, 0.3) is 0 Å². The molecule has 0 saturated carbocycles. The standard InChI is InChI=1S/C15H24ClNO2/c1-4-6-12(2)19-15-8-5-7-14(16)13(15)11-17-9-10-18-3/h5,7-8,12,17H,4,6,9-11H2,1-3H3. The summed E-state index contributed by atoms with van der Waals surface area (Å²) in [5, 5.41) is 4.04. The highest BCUT2D eigenvalue weighted by atomic mass is 35.5. The fourth-order valence-electron chi connectivity index (χ4n) is 1.89. The molecule has 0 aliphatic heterocycles. The van der Waals surface area contributed by atoms with Crippen molar-refractivity contribution in [2.75, 3.05) is 20.3 Å². The van der Waals surface area contributed by atoms with Crippen molar-refractivity contribution in [1.29, 1.82) is 0 Å². The molecular formula is C15H24ClNO2. The number of hydrogen-bond donors (Lipinski definition) is 1. The first-order valence-corrected chi connectivity index (χ1v) is 7.20. The van der Waals surface area contributed by atoms with Gasteiger partial charge in [0.05, 0.1) is 12.7 Å². The van der Waals surface area contributed by atoms with E-state index >= 15 is 0 Å². The lowest BCUT2D eigenvalue weighted by molar-refractivity contribution is 0.197. The molecule has 0 radical (unpaired) electrons. The Morgan fingerprint density at radius 2 is 2.16 bits per heavy atom. The van der Waals surface area contributed by atoms with Gasteiger partial charge < -0.3 is 14.8 Å². The van der Waals surface area contributed by atoms with Crippen LogP contribution in [0.3, 0.4) is 0 Å². The Labute approximate surface area is 121 Å². The molecule has 19 heavy (non-hydrogen) atoms. The average Bonchev–Trinajstić information content (AvgIpc) is 2.37. The topological polar surface area (TPSA) is 30.5 Å². The lowest BCUT2D eigenvalue weighted by Crippen LogP contribution is -2.20. The summed E-state index contributed by atoms with van der Waals surface area (Å²) in [6.45, 7) is 6.42. The van der Waals surface area contributed by atoms with Crippen molar-refractivity contribution in [3.8, 4) is 5.75 Å². The summed E-state index contributed by atoms with van der Waals surface area (Å²) in [4.78, 5) is 0. The molecule has 108 valence electrons. The second-order valence-corrected chi connectivity index (χ2v) is 5.01. The minimum atomic E-state index is 0.209. The van der Waals surface area contributed by atoms with Gasteiger partial charge in [-0.25, -0.2) is 0 Å².